The lowest BCUT2D eigenvalue weighted by atomic mass is 10.2. The lowest BCUT2D eigenvalue weighted by Crippen LogP contribution is -2.29. The van der Waals surface area contributed by atoms with Crippen molar-refractivity contribution in [3.05, 3.63) is 11.8 Å². The summed E-state index contributed by atoms with van der Waals surface area (Å²) in [6.07, 6.45) is -0.928. The highest BCUT2D eigenvalue weighted by atomic mass is 16.5. The summed E-state index contributed by atoms with van der Waals surface area (Å²) in [6.45, 7) is 1.73. The number of hydrogen-bond donors (Lipinski definition) is 2. The highest BCUT2D eigenvalue weighted by Crippen LogP contribution is 2.21. The molecule has 1 aromatic heterocycles. The fourth-order valence-electron chi connectivity index (χ4n) is 1.64. The molecule has 0 unspecified atom stereocenters. The van der Waals surface area contributed by atoms with Gasteiger partial charge < -0.3 is 14.4 Å². The molecule has 0 spiro atoms. The predicted octanol–water partition coefficient (Wildman–Crippen LogP) is 0.554. The summed E-state index contributed by atoms with van der Waals surface area (Å²) in [5.74, 6) is -1.23. The van der Waals surface area contributed by atoms with Crippen molar-refractivity contribution < 1.29 is 24.0 Å². The fraction of sp³-hybridized carbons (Fsp3) is 0.500. The van der Waals surface area contributed by atoms with Gasteiger partial charge in [0, 0.05) is 6.07 Å². The van der Waals surface area contributed by atoms with Gasteiger partial charge in [0.2, 0.25) is 5.88 Å². The molecule has 1 aromatic rings. The lowest BCUT2D eigenvalue weighted by Gasteiger charge is -2.09. The largest absolute Gasteiger partial charge is 0.479 e. The summed E-state index contributed by atoms with van der Waals surface area (Å²) < 4.78 is 9.90. The number of carboxylic acids is 1. The number of hydrogen-bond acceptors (Lipinski definition) is 5. The van der Waals surface area contributed by atoms with E-state index in [-0.39, 0.29) is 5.88 Å². The Hall–Kier alpha value is -1.89. The molecule has 2 N–H and O–H groups in total. The van der Waals surface area contributed by atoms with Gasteiger partial charge in [-0.1, -0.05) is 5.16 Å². The van der Waals surface area contributed by atoms with Crippen molar-refractivity contribution in [2.45, 2.75) is 32.0 Å². The van der Waals surface area contributed by atoms with Gasteiger partial charge >= 0.3 is 5.97 Å². The standard InChI is InChI=1S/C10H12N2O5/c1-5-4-8(17-12-5)11-9(13)6-2-3-7(16-6)10(14)15/h4,6-7H,2-3H2,1H3,(H,11,13)(H,14,15)/t6-,7+/m0/s1. The van der Waals surface area contributed by atoms with Crippen LogP contribution in [0.25, 0.3) is 0 Å². The smallest absolute Gasteiger partial charge is 0.332 e. The van der Waals surface area contributed by atoms with Gasteiger partial charge in [-0.2, -0.15) is 0 Å². The van der Waals surface area contributed by atoms with E-state index in [1.807, 2.05) is 0 Å². The van der Waals surface area contributed by atoms with E-state index in [0.29, 0.717) is 18.5 Å². The van der Waals surface area contributed by atoms with Gasteiger partial charge in [0.15, 0.2) is 6.10 Å². The molecule has 1 aliphatic rings. The number of aromatic nitrogens is 1. The average Bonchev–Trinajstić information content (AvgIpc) is 2.86. The van der Waals surface area contributed by atoms with E-state index < -0.39 is 24.1 Å². The number of carboxylic acid groups (broad SMARTS) is 1. The van der Waals surface area contributed by atoms with Gasteiger partial charge in [0.05, 0.1) is 5.69 Å². The van der Waals surface area contributed by atoms with Crippen LogP contribution in [-0.2, 0) is 14.3 Å². The zero-order valence-electron chi connectivity index (χ0n) is 9.17. The molecule has 1 saturated heterocycles. The molecular formula is C10H12N2O5. The molecule has 92 valence electrons. The summed E-state index contributed by atoms with van der Waals surface area (Å²) in [6, 6.07) is 1.57. The fourth-order valence-corrected chi connectivity index (χ4v) is 1.64. The molecule has 17 heavy (non-hydrogen) atoms. The number of amides is 1. The third kappa shape index (κ3) is 2.62. The van der Waals surface area contributed by atoms with Crippen LogP contribution in [0.4, 0.5) is 5.88 Å². The van der Waals surface area contributed by atoms with Crippen LogP contribution < -0.4 is 5.32 Å². The van der Waals surface area contributed by atoms with Crippen molar-refractivity contribution in [1.29, 1.82) is 0 Å². The minimum absolute atomic E-state index is 0.231. The van der Waals surface area contributed by atoms with Crippen LogP contribution in [0.5, 0.6) is 0 Å². The molecule has 1 amide bonds. The van der Waals surface area contributed by atoms with Gasteiger partial charge in [-0.05, 0) is 19.8 Å². The van der Waals surface area contributed by atoms with Gasteiger partial charge in [0.1, 0.15) is 6.10 Å². The molecular weight excluding hydrogens is 228 g/mol. The third-order valence-electron chi connectivity index (χ3n) is 2.46. The molecule has 7 nitrogen and oxygen atoms in total. The molecule has 1 fully saturated rings. The second kappa shape index (κ2) is 4.54. The van der Waals surface area contributed by atoms with Crippen LogP contribution in [0.2, 0.25) is 0 Å². The Kier molecular flexibility index (Phi) is 3.10. The zero-order chi connectivity index (χ0) is 12.4. The van der Waals surface area contributed by atoms with Crippen molar-refractivity contribution in [3.63, 3.8) is 0 Å². The van der Waals surface area contributed by atoms with E-state index in [0.717, 1.165) is 0 Å². The summed E-state index contributed by atoms with van der Waals surface area (Å²) >= 11 is 0. The summed E-state index contributed by atoms with van der Waals surface area (Å²) in [4.78, 5) is 22.3. The van der Waals surface area contributed by atoms with Crippen LogP contribution in [0, 0.1) is 6.92 Å². The Balaban J connectivity index is 1.91. The van der Waals surface area contributed by atoms with Crippen LogP contribution in [0.15, 0.2) is 10.6 Å². The lowest BCUT2D eigenvalue weighted by molar-refractivity contribution is -0.150. The third-order valence-corrected chi connectivity index (χ3v) is 2.46. The molecule has 0 radical (unpaired) electrons. The Bertz CT molecular complexity index is 442. The molecule has 2 atom stereocenters. The first-order valence-electron chi connectivity index (χ1n) is 5.18. The number of ether oxygens (including phenoxy) is 1. The molecule has 0 saturated carbocycles. The molecule has 2 heterocycles. The number of nitrogens with zero attached hydrogens (tertiary/aromatic N) is 1. The molecule has 2 rings (SSSR count). The number of aryl methyl sites for hydroxylation is 1. The summed E-state index contributed by atoms with van der Waals surface area (Å²) in [5.41, 5.74) is 0.649. The molecule has 0 aromatic carbocycles. The van der Waals surface area contributed by atoms with Crippen LogP contribution in [-0.4, -0.2) is 34.3 Å². The number of rotatable bonds is 3. The maximum atomic E-state index is 11.7. The Labute approximate surface area is 96.7 Å². The molecule has 1 aliphatic heterocycles. The first kappa shape index (κ1) is 11.6. The first-order chi connectivity index (χ1) is 8.06. The molecule has 7 heteroatoms. The van der Waals surface area contributed by atoms with Crippen molar-refractivity contribution in [1.82, 2.24) is 5.16 Å². The van der Waals surface area contributed by atoms with Crippen LogP contribution in [0.1, 0.15) is 18.5 Å². The van der Waals surface area contributed by atoms with Crippen LogP contribution >= 0.6 is 0 Å². The minimum Gasteiger partial charge on any atom is -0.479 e. The van der Waals surface area contributed by atoms with E-state index in [2.05, 4.69) is 10.5 Å². The second-order valence-electron chi connectivity index (χ2n) is 3.85. The van der Waals surface area contributed by atoms with Crippen molar-refractivity contribution in [2.75, 3.05) is 5.32 Å². The van der Waals surface area contributed by atoms with Gasteiger partial charge in [-0.15, -0.1) is 0 Å². The SMILES string of the molecule is Cc1cc(NC(=O)[C@@H]2CC[C@H](C(=O)O)O2)on1. The first-order valence-corrected chi connectivity index (χ1v) is 5.18. The topological polar surface area (TPSA) is 102 Å². The van der Waals surface area contributed by atoms with Crippen molar-refractivity contribution >= 4 is 17.8 Å². The Morgan fingerprint density at radius 1 is 1.47 bits per heavy atom. The van der Waals surface area contributed by atoms with E-state index in [4.69, 9.17) is 14.4 Å². The van der Waals surface area contributed by atoms with E-state index in [9.17, 15) is 9.59 Å². The van der Waals surface area contributed by atoms with Crippen molar-refractivity contribution in [2.24, 2.45) is 0 Å². The number of nitrogens with one attached hydrogen (secondary N) is 1. The maximum Gasteiger partial charge on any atom is 0.332 e. The quantitative estimate of drug-likeness (QED) is 0.800. The Morgan fingerprint density at radius 3 is 2.71 bits per heavy atom. The summed E-state index contributed by atoms with van der Waals surface area (Å²) in [7, 11) is 0. The predicted molar refractivity (Wildman–Crippen MR) is 55.4 cm³/mol. The van der Waals surface area contributed by atoms with E-state index >= 15 is 0 Å². The van der Waals surface area contributed by atoms with Crippen molar-refractivity contribution in [3.8, 4) is 0 Å². The number of carbonyl (C=O) groups excluding carboxylic acids is 1. The molecule has 0 bridgehead atoms. The number of aliphatic carboxylic acids is 1. The minimum atomic E-state index is -1.05. The monoisotopic (exact) mass is 240 g/mol. The number of anilines is 1. The highest BCUT2D eigenvalue weighted by Gasteiger charge is 2.35. The molecule has 0 aliphatic carbocycles. The van der Waals surface area contributed by atoms with Gasteiger partial charge in [-0.25, -0.2) is 4.79 Å². The van der Waals surface area contributed by atoms with Crippen LogP contribution in [0.3, 0.4) is 0 Å². The Morgan fingerprint density at radius 2 is 2.18 bits per heavy atom. The number of carbonyl (C=O) groups is 2. The summed E-state index contributed by atoms with van der Waals surface area (Å²) in [5, 5.41) is 14.8. The maximum absolute atomic E-state index is 11.7. The van der Waals surface area contributed by atoms with E-state index in [1.165, 1.54) is 0 Å². The average molecular weight is 240 g/mol. The van der Waals surface area contributed by atoms with Gasteiger partial charge in [0.25, 0.3) is 5.91 Å². The normalized spacial score (nSPS) is 23.6. The van der Waals surface area contributed by atoms with E-state index in [1.54, 1.807) is 13.0 Å². The highest BCUT2D eigenvalue weighted by molar-refractivity contribution is 5.93. The zero-order valence-corrected chi connectivity index (χ0v) is 9.17. The second-order valence-corrected chi connectivity index (χ2v) is 3.85. The van der Waals surface area contributed by atoms with Gasteiger partial charge in [-0.3, -0.25) is 10.1 Å².